The largest absolute Gasteiger partial charge is 0.437 e. The highest BCUT2D eigenvalue weighted by Crippen LogP contribution is 2.23. The van der Waals surface area contributed by atoms with Gasteiger partial charge in [-0.3, -0.25) is 4.98 Å². The van der Waals surface area contributed by atoms with E-state index in [0.29, 0.717) is 11.6 Å². The van der Waals surface area contributed by atoms with E-state index in [4.69, 9.17) is 10.5 Å². The van der Waals surface area contributed by atoms with Gasteiger partial charge in [0, 0.05) is 17.1 Å². The molecule has 0 spiro atoms. The van der Waals surface area contributed by atoms with Gasteiger partial charge < -0.3 is 10.5 Å². The molecule has 0 atom stereocenters. The van der Waals surface area contributed by atoms with Gasteiger partial charge in [-0.15, -0.1) is 0 Å². The van der Waals surface area contributed by atoms with E-state index < -0.39 is 0 Å². The predicted molar refractivity (Wildman–Crippen MR) is 73.0 cm³/mol. The number of nitrogen functional groups attached to an aromatic ring is 1. The third-order valence-electron chi connectivity index (χ3n) is 2.64. The number of nitrogens with zero attached hydrogens (tertiary/aromatic N) is 3. The molecule has 0 aliphatic heterocycles. The number of benzene rings is 1. The molecule has 1 aromatic carbocycles. The lowest BCUT2D eigenvalue weighted by atomic mass is 10.2. The van der Waals surface area contributed by atoms with Crippen LogP contribution in [0.5, 0.6) is 11.6 Å². The minimum Gasteiger partial charge on any atom is -0.437 e. The van der Waals surface area contributed by atoms with Crippen molar-refractivity contribution >= 4 is 16.9 Å². The summed E-state index contributed by atoms with van der Waals surface area (Å²) >= 11 is 0. The number of aromatic nitrogens is 3. The van der Waals surface area contributed by atoms with E-state index in [1.165, 1.54) is 0 Å². The van der Waals surface area contributed by atoms with Gasteiger partial charge >= 0.3 is 0 Å². The Hall–Kier alpha value is -2.69. The fraction of sp³-hybridized carbons (Fsp3) is 0.0714. The zero-order valence-electron chi connectivity index (χ0n) is 10.4. The number of nitrogens with two attached hydrogens (primary N) is 1. The summed E-state index contributed by atoms with van der Waals surface area (Å²) in [6.45, 7) is 1.84. The Morgan fingerprint density at radius 1 is 1.11 bits per heavy atom. The molecule has 2 aromatic heterocycles. The van der Waals surface area contributed by atoms with Crippen LogP contribution in [0.25, 0.3) is 10.9 Å². The van der Waals surface area contributed by atoms with Crippen LogP contribution in [0.1, 0.15) is 5.69 Å². The Morgan fingerprint density at radius 3 is 2.79 bits per heavy atom. The highest BCUT2D eigenvalue weighted by Gasteiger charge is 2.03. The number of rotatable bonds is 2. The molecule has 2 heterocycles. The molecule has 0 fully saturated rings. The Labute approximate surface area is 110 Å². The fourth-order valence-corrected chi connectivity index (χ4v) is 1.84. The van der Waals surface area contributed by atoms with Crippen LogP contribution in [-0.4, -0.2) is 15.0 Å². The Bertz CT molecular complexity index is 722. The maximum Gasteiger partial charge on any atom is 0.224 e. The number of ether oxygens (including phenoxy) is 1. The minimum atomic E-state index is 0.198. The van der Waals surface area contributed by atoms with E-state index in [9.17, 15) is 0 Å². The van der Waals surface area contributed by atoms with E-state index in [0.717, 1.165) is 16.6 Å². The van der Waals surface area contributed by atoms with E-state index in [1.807, 2.05) is 37.3 Å². The van der Waals surface area contributed by atoms with Crippen LogP contribution in [0, 0.1) is 6.92 Å². The molecule has 0 unspecified atom stereocenters. The molecule has 0 amide bonds. The van der Waals surface area contributed by atoms with E-state index >= 15 is 0 Å². The maximum atomic E-state index is 5.65. The number of fused-ring (bicyclic) bond motifs is 1. The van der Waals surface area contributed by atoms with E-state index in [2.05, 4.69) is 15.0 Å². The second-order valence-electron chi connectivity index (χ2n) is 4.17. The molecule has 0 aliphatic rings. The SMILES string of the molecule is Cc1cc(Oc2cnc3ccccc3c2)nc(N)n1. The number of anilines is 1. The highest BCUT2D eigenvalue weighted by atomic mass is 16.5. The first-order valence-electron chi connectivity index (χ1n) is 5.84. The Balaban J connectivity index is 1.96. The molecule has 5 nitrogen and oxygen atoms in total. The van der Waals surface area contributed by atoms with Crippen LogP contribution >= 0.6 is 0 Å². The number of aryl methyl sites for hydroxylation is 1. The summed E-state index contributed by atoms with van der Waals surface area (Å²) in [5, 5.41) is 1.01. The van der Waals surface area contributed by atoms with Crippen molar-refractivity contribution in [3.8, 4) is 11.6 Å². The summed E-state index contributed by atoms with van der Waals surface area (Å²) in [5.74, 6) is 1.24. The van der Waals surface area contributed by atoms with Crippen molar-refractivity contribution in [1.29, 1.82) is 0 Å². The lowest BCUT2D eigenvalue weighted by Gasteiger charge is -2.06. The first kappa shape index (κ1) is 11.4. The summed E-state index contributed by atoms with van der Waals surface area (Å²) in [6, 6.07) is 11.5. The normalized spacial score (nSPS) is 10.6. The molecule has 0 aliphatic carbocycles. The van der Waals surface area contributed by atoms with Crippen LogP contribution < -0.4 is 10.5 Å². The van der Waals surface area contributed by atoms with Crippen LogP contribution in [0.4, 0.5) is 5.95 Å². The van der Waals surface area contributed by atoms with Crippen LogP contribution in [-0.2, 0) is 0 Å². The van der Waals surface area contributed by atoms with Crippen LogP contribution in [0.3, 0.4) is 0 Å². The average Bonchev–Trinajstić information content (AvgIpc) is 2.37. The third kappa shape index (κ3) is 2.44. The first-order chi connectivity index (χ1) is 9.20. The number of hydrogen-bond donors (Lipinski definition) is 1. The number of pyridine rings is 1. The fourth-order valence-electron chi connectivity index (χ4n) is 1.84. The van der Waals surface area contributed by atoms with Gasteiger partial charge in [0.1, 0.15) is 5.75 Å². The molecule has 5 heteroatoms. The summed E-state index contributed by atoms with van der Waals surface area (Å²) in [5.41, 5.74) is 7.27. The average molecular weight is 252 g/mol. The highest BCUT2D eigenvalue weighted by molar-refractivity contribution is 5.79. The second kappa shape index (κ2) is 4.53. The van der Waals surface area contributed by atoms with Crippen molar-refractivity contribution in [1.82, 2.24) is 15.0 Å². The second-order valence-corrected chi connectivity index (χ2v) is 4.17. The van der Waals surface area contributed by atoms with E-state index in [1.54, 1.807) is 12.3 Å². The summed E-state index contributed by atoms with van der Waals surface area (Å²) < 4.78 is 5.65. The molecule has 0 saturated carbocycles. The molecule has 19 heavy (non-hydrogen) atoms. The smallest absolute Gasteiger partial charge is 0.224 e. The van der Waals surface area contributed by atoms with E-state index in [-0.39, 0.29) is 5.95 Å². The van der Waals surface area contributed by atoms with Crippen LogP contribution in [0.15, 0.2) is 42.6 Å². The third-order valence-corrected chi connectivity index (χ3v) is 2.64. The standard InChI is InChI=1S/C14H12N4O/c1-9-6-13(18-14(15)17-9)19-11-7-10-4-2-3-5-12(10)16-8-11/h2-8H,1H3,(H2,15,17,18). The Kier molecular flexibility index (Phi) is 2.72. The molecule has 94 valence electrons. The van der Waals surface area contributed by atoms with Gasteiger partial charge in [0.05, 0.1) is 11.7 Å². The summed E-state index contributed by atoms with van der Waals surface area (Å²) in [7, 11) is 0. The van der Waals surface area contributed by atoms with Gasteiger partial charge in [0.25, 0.3) is 0 Å². The quantitative estimate of drug-likeness (QED) is 0.759. The minimum absolute atomic E-state index is 0.198. The zero-order valence-corrected chi connectivity index (χ0v) is 10.4. The van der Waals surface area contributed by atoms with Gasteiger partial charge in [0.2, 0.25) is 11.8 Å². The first-order valence-corrected chi connectivity index (χ1v) is 5.84. The molecule has 0 bridgehead atoms. The molecular weight excluding hydrogens is 240 g/mol. The summed E-state index contributed by atoms with van der Waals surface area (Å²) in [4.78, 5) is 12.3. The molecule has 0 radical (unpaired) electrons. The summed E-state index contributed by atoms with van der Waals surface area (Å²) in [6.07, 6.45) is 1.66. The molecule has 3 rings (SSSR count). The van der Waals surface area contributed by atoms with Gasteiger partial charge in [-0.2, -0.15) is 4.98 Å². The van der Waals surface area contributed by atoms with Crippen molar-refractivity contribution in [3.63, 3.8) is 0 Å². The van der Waals surface area contributed by atoms with Crippen LogP contribution in [0.2, 0.25) is 0 Å². The maximum absolute atomic E-state index is 5.65. The monoisotopic (exact) mass is 252 g/mol. The molecular formula is C14H12N4O. The lowest BCUT2D eigenvalue weighted by Crippen LogP contribution is -1.98. The lowest BCUT2D eigenvalue weighted by molar-refractivity contribution is 0.461. The molecule has 3 aromatic rings. The van der Waals surface area contributed by atoms with Gasteiger partial charge in [-0.05, 0) is 19.1 Å². The van der Waals surface area contributed by atoms with Crippen molar-refractivity contribution in [3.05, 3.63) is 48.3 Å². The Morgan fingerprint density at radius 2 is 1.95 bits per heavy atom. The van der Waals surface area contributed by atoms with Gasteiger partial charge in [-0.25, -0.2) is 4.98 Å². The molecule has 0 saturated heterocycles. The van der Waals surface area contributed by atoms with Crippen molar-refractivity contribution in [2.75, 3.05) is 5.73 Å². The van der Waals surface area contributed by atoms with Gasteiger partial charge in [-0.1, -0.05) is 18.2 Å². The van der Waals surface area contributed by atoms with Crippen molar-refractivity contribution in [2.24, 2.45) is 0 Å². The number of hydrogen-bond acceptors (Lipinski definition) is 5. The molecule has 2 N–H and O–H groups in total. The van der Waals surface area contributed by atoms with Crippen molar-refractivity contribution < 1.29 is 4.74 Å². The topological polar surface area (TPSA) is 73.9 Å². The zero-order chi connectivity index (χ0) is 13.2. The van der Waals surface area contributed by atoms with Crippen molar-refractivity contribution in [2.45, 2.75) is 6.92 Å². The predicted octanol–water partition coefficient (Wildman–Crippen LogP) is 2.71. The number of para-hydroxylation sites is 1. The van der Waals surface area contributed by atoms with Gasteiger partial charge in [0.15, 0.2) is 0 Å².